The quantitative estimate of drug-likeness (QED) is 0.164. The minimum Gasteiger partial charge on any atom is -0.507 e. The number of carboxylic acid groups (broad SMARTS) is 1. The van der Waals surface area contributed by atoms with E-state index in [1.807, 2.05) is 0 Å². The number of amidine groups is 1. The second-order valence-electron chi connectivity index (χ2n) is 7.84. The number of amides is 1. The molecule has 1 amide bonds. The van der Waals surface area contributed by atoms with E-state index in [9.17, 15) is 31.5 Å². The molecule has 1 saturated heterocycles. The maximum Gasteiger partial charge on any atom is 0.490 e. The summed E-state index contributed by atoms with van der Waals surface area (Å²) in [6, 6.07) is 8.56. The standard InChI is InChI=1S/C19H18ClN5O4S2.C2HF3O2/c20-15-5-4-14-13(23-15)8-16(30-14)31(28,29)24-12-6-7-25(19(12)27)9-10-2-1-3-11(17(10)26)18(21)22;3-2(4,5)1(6)7/h1-5,8,12,24,26H,6-7,9H2,(H3,21,22);(H,6,7)/t12-;/m0./s1. The van der Waals surface area contributed by atoms with E-state index in [1.165, 1.54) is 17.0 Å². The highest BCUT2D eigenvalue weighted by molar-refractivity contribution is 7.91. The maximum absolute atomic E-state index is 12.8. The lowest BCUT2D eigenvalue weighted by Gasteiger charge is -2.18. The number of fused-ring (bicyclic) bond motifs is 1. The second-order valence-corrected chi connectivity index (χ2v) is 11.2. The number of thiophene rings is 1. The molecule has 17 heteroatoms. The molecule has 1 fully saturated rings. The van der Waals surface area contributed by atoms with Crippen molar-refractivity contribution in [2.24, 2.45) is 5.73 Å². The van der Waals surface area contributed by atoms with Crippen LogP contribution < -0.4 is 10.5 Å². The van der Waals surface area contributed by atoms with Gasteiger partial charge in [0.05, 0.1) is 15.8 Å². The minimum atomic E-state index is -5.08. The van der Waals surface area contributed by atoms with Crippen molar-refractivity contribution in [1.82, 2.24) is 14.6 Å². The molecule has 4 rings (SSSR count). The van der Waals surface area contributed by atoms with Crippen LogP contribution in [0, 0.1) is 5.41 Å². The van der Waals surface area contributed by atoms with Crippen molar-refractivity contribution in [3.05, 3.63) is 52.7 Å². The molecule has 2 aromatic heterocycles. The van der Waals surface area contributed by atoms with Gasteiger partial charge in [0.15, 0.2) is 0 Å². The highest BCUT2D eigenvalue weighted by Crippen LogP contribution is 2.30. The number of carbonyl (C=O) groups is 2. The summed E-state index contributed by atoms with van der Waals surface area (Å²) in [4.78, 5) is 27.2. The molecule has 6 N–H and O–H groups in total. The Morgan fingerprint density at radius 1 is 1.32 bits per heavy atom. The topological polar surface area (TPSA) is 187 Å². The number of carboxylic acids is 1. The van der Waals surface area contributed by atoms with Crippen molar-refractivity contribution in [1.29, 1.82) is 5.41 Å². The number of hydrogen-bond donors (Lipinski definition) is 5. The predicted molar refractivity (Wildman–Crippen MR) is 132 cm³/mol. The van der Waals surface area contributed by atoms with Crippen molar-refractivity contribution in [3.8, 4) is 5.75 Å². The van der Waals surface area contributed by atoms with Crippen LogP contribution in [0.4, 0.5) is 13.2 Å². The molecule has 0 radical (unpaired) electrons. The molecule has 0 aliphatic carbocycles. The van der Waals surface area contributed by atoms with Gasteiger partial charge in [0.2, 0.25) is 5.91 Å². The Bertz CT molecular complexity index is 1510. The van der Waals surface area contributed by atoms with Crippen LogP contribution in [-0.2, 0) is 26.2 Å². The number of phenolic OH excluding ortho intramolecular Hbond substituents is 1. The molecule has 1 atom stereocenters. The third kappa shape index (κ3) is 6.69. The number of aromatic hydroxyl groups is 1. The Morgan fingerprint density at radius 2 is 1.97 bits per heavy atom. The van der Waals surface area contributed by atoms with Gasteiger partial charge in [-0.2, -0.15) is 17.9 Å². The summed E-state index contributed by atoms with van der Waals surface area (Å²) >= 11 is 6.91. The Balaban J connectivity index is 0.000000505. The highest BCUT2D eigenvalue weighted by Gasteiger charge is 2.38. The number of aromatic nitrogens is 1. The summed E-state index contributed by atoms with van der Waals surface area (Å²) in [5, 5.41) is 25.2. The summed E-state index contributed by atoms with van der Waals surface area (Å²) in [5.41, 5.74) is 6.54. The number of benzene rings is 1. The second kappa shape index (κ2) is 11.1. The van der Waals surface area contributed by atoms with Crippen molar-refractivity contribution in [3.63, 3.8) is 0 Å². The van der Waals surface area contributed by atoms with E-state index in [4.69, 9.17) is 32.6 Å². The van der Waals surface area contributed by atoms with Crippen molar-refractivity contribution in [2.75, 3.05) is 6.54 Å². The number of phenols is 1. The number of nitrogens with two attached hydrogens (primary N) is 1. The molecule has 0 unspecified atom stereocenters. The number of nitrogens with zero attached hydrogens (tertiary/aromatic N) is 2. The summed E-state index contributed by atoms with van der Waals surface area (Å²) in [7, 11) is -3.93. The van der Waals surface area contributed by atoms with Crippen LogP contribution in [0.3, 0.4) is 0 Å². The first-order valence-corrected chi connectivity index (χ1v) is 13.1. The van der Waals surface area contributed by atoms with Gasteiger partial charge in [0, 0.05) is 18.7 Å². The summed E-state index contributed by atoms with van der Waals surface area (Å²) in [5.74, 6) is -3.59. The van der Waals surface area contributed by atoms with Crippen molar-refractivity contribution in [2.45, 2.75) is 29.4 Å². The van der Waals surface area contributed by atoms with Gasteiger partial charge in [0.1, 0.15) is 27.0 Å². The Labute approximate surface area is 222 Å². The number of carbonyl (C=O) groups excluding carboxylic acids is 1. The summed E-state index contributed by atoms with van der Waals surface area (Å²) in [6.07, 6.45) is -4.79. The number of halogens is 4. The van der Waals surface area contributed by atoms with E-state index in [0.29, 0.717) is 28.7 Å². The molecule has 0 spiro atoms. The van der Waals surface area contributed by atoms with Crippen LogP contribution in [0.15, 0.2) is 40.6 Å². The van der Waals surface area contributed by atoms with Crippen LogP contribution >= 0.6 is 22.9 Å². The molecule has 11 nitrogen and oxygen atoms in total. The zero-order valence-electron chi connectivity index (χ0n) is 19.0. The minimum absolute atomic E-state index is 0.0512. The van der Waals surface area contributed by atoms with Crippen LogP contribution in [0.5, 0.6) is 5.75 Å². The Morgan fingerprint density at radius 3 is 2.58 bits per heavy atom. The number of sulfonamides is 1. The largest absolute Gasteiger partial charge is 0.507 e. The van der Waals surface area contributed by atoms with Gasteiger partial charge in [-0.25, -0.2) is 18.2 Å². The fraction of sp³-hybridized carbons (Fsp3) is 0.238. The predicted octanol–water partition coefficient (Wildman–Crippen LogP) is 2.65. The van der Waals surface area contributed by atoms with Gasteiger partial charge in [-0.15, -0.1) is 11.3 Å². The first-order chi connectivity index (χ1) is 17.6. The average molecular weight is 594 g/mol. The van der Waals surface area contributed by atoms with Crippen molar-refractivity contribution >= 4 is 60.9 Å². The lowest BCUT2D eigenvalue weighted by atomic mass is 10.1. The number of likely N-dealkylation sites (tertiary alicyclic amines) is 1. The lowest BCUT2D eigenvalue weighted by Crippen LogP contribution is -2.41. The fourth-order valence-corrected chi connectivity index (χ4v) is 6.12. The summed E-state index contributed by atoms with van der Waals surface area (Å²) < 4.78 is 60.6. The van der Waals surface area contributed by atoms with E-state index in [1.54, 1.807) is 24.3 Å². The molecular weight excluding hydrogens is 575 g/mol. The molecule has 3 aromatic rings. The molecule has 38 heavy (non-hydrogen) atoms. The monoisotopic (exact) mass is 593 g/mol. The number of pyridine rings is 1. The van der Waals surface area contributed by atoms with E-state index < -0.39 is 34.1 Å². The van der Waals surface area contributed by atoms with E-state index in [0.717, 1.165) is 11.3 Å². The van der Waals surface area contributed by atoms with Gasteiger partial charge in [-0.1, -0.05) is 23.7 Å². The lowest BCUT2D eigenvalue weighted by molar-refractivity contribution is -0.192. The molecule has 1 aliphatic heterocycles. The van der Waals surface area contributed by atoms with E-state index >= 15 is 0 Å². The highest BCUT2D eigenvalue weighted by atomic mass is 35.5. The molecule has 1 aliphatic rings. The molecular formula is C21H19ClF3N5O6S2. The van der Waals surface area contributed by atoms with Gasteiger partial charge >= 0.3 is 12.1 Å². The fourth-order valence-electron chi connectivity index (χ4n) is 3.40. The van der Waals surface area contributed by atoms with E-state index in [2.05, 4.69) is 9.71 Å². The third-order valence-electron chi connectivity index (χ3n) is 5.19. The Hall–Kier alpha value is -3.47. The Kier molecular flexibility index (Phi) is 8.50. The SMILES string of the molecule is N=C(N)c1cccc(CN2CC[C@H](NS(=O)(=O)c3cc4nc(Cl)ccc4s3)C2=O)c1O.O=C(O)C(F)(F)F. The van der Waals surface area contributed by atoms with Crippen LogP contribution in [-0.4, -0.2) is 65.0 Å². The van der Waals surface area contributed by atoms with Crippen molar-refractivity contribution < 1.29 is 41.4 Å². The molecule has 0 saturated carbocycles. The molecule has 3 heterocycles. The first-order valence-electron chi connectivity index (χ1n) is 10.4. The maximum atomic E-state index is 12.8. The number of aliphatic carboxylic acids is 1. The zero-order chi connectivity index (χ0) is 28.4. The normalized spacial score (nSPS) is 15.8. The molecule has 0 bridgehead atoms. The number of hydrogen-bond acceptors (Lipinski definition) is 8. The summed E-state index contributed by atoms with van der Waals surface area (Å²) in [6.45, 7) is 0.397. The van der Waals surface area contributed by atoms with Gasteiger partial charge in [-0.05, 0) is 30.7 Å². The first kappa shape index (κ1) is 29.1. The van der Waals surface area contributed by atoms with Crippen LogP contribution in [0.1, 0.15) is 17.5 Å². The third-order valence-corrected chi connectivity index (χ3v) is 8.44. The number of nitrogen functional groups attached to an aromatic ring is 1. The number of para-hydroxylation sites is 1. The number of nitrogens with one attached hydrogen (secondary N) is 2. The van der Waals surface area contributed by atoms with Gasteiger partial charge < -0.3 is 20.8 Å². The zero-order valence-corrected chi connectivity index (χ0v) is 21.4. The van der Waals surface area contributed by atoms with Crippen LogP contribution in [0.25, 0.3) is 10.2 Å². The van der Waals surface area contributed by atoms with Gasteiger partial charge in [0.25, 0.3) is 10.0 Å². The molecule has 204 valence electrons. The molecule has 1 aromatic carbocycles. The van der Waals surface area contributed by atoms with E-state index in [-0.39, 0.29) is 33.1 Å². The smallest absolute Gasteiger partial charge is 0.490 e. The van der Waals surface area contributed by atoms with Crippen LogP contribution in [0.2, 0.25) is 5.15 Å². The van der Waals surface area contributed by atoms with Gasteiger partial charge in [-0.3, -0.25) is 10.2 Å². The number of rotatable bonds is 6. The number of alkyl halides is 3. The average Bonchev–Trinajstić information content (AvgIpc) is 3.39.